The summed E-state index contributed by atoms with van der Waals surface area (Å²) in [6.45, 7) is 2.95. The molecular weight excluding hydrogens is 254 g/mol. The standard InChI is InChI=1S/C16H19NO3/c1-3-19-16-8-7-13(17)9-12(16)11-20-15-6-4-5-14(10-15)18-2/h4-10H,3,11,17H2,1-2H3. The van der Waals surface area contributed by atoms with E-state index in [4.69, 9.17) is 19.9 Å². The van der Waals surface area contributed by atoms with Gasteiger partial charge in [-0.25, -0.2) is 0 Å². The van der Waals surface area contributed by atoms with Gasteiger partial charge in [0.05, 0.1) is 13.7 Å². The van der Waals surface area contributed by atoms with Crippen LogP contribution in [0.25, 0.3) is 0 Å². The molecule has 0 unspecified atom stereocenters. The molecule has 0 amide bonds. The Hall–Kier alpha value is -2.36. The van der Waals surface area contributed by atoms with Gasteiger partial charge in [0.2, 0.25) is 0 Å². The molecule has 0 aliphatic rings. The normalized spacial score (nSPS) is 10.1. The zero-order valence-electron chi connectivity index (χ0n) is 11.8. The Morgan fingerprint density at radius 2 is 1.80 bits per heavy atom. The summed E-state index contributed by atoms with van der Waals surface area (Å²) in [5, 5.41) is 0. The Kier molecular flexibility index (Phi) is 4.71. The maximum absolute atomic E-state index is 5.81. The van der Waals surface area contributed by atoms with Crippen molar-refractivity contribution in [3.63, 3.8) is 0 Å². The highest BCUT2D eigenvalue weighted by Gasteiger charge is 2.06. The van der Waals surface area contributed by atoms with Gasteiger partial charge in [0.15, 0.2) is 0 Å². The van der Waals surface area contributed by atoms with E-state index in [0.717, 1.165) is 22.8 Å². The molecule has 4 nitrogen and oxygen atoms in total. The van der Waals surface area contributed by atoms with Crippen LogP contribution in [-0.4, -0.2) is 13.7 Å². The SMILES string of the molecule is CCOc1ccc(N)cc1COc1cccc(OC)c1. The highest BCUT2D eigenvalue weighted by atomic mass is 16.5. The molecule has 20 heavy (non-hydrogen) atoms. The molecule has 0 saturated carbocycles. The molecule has 0 saturated heterocycles. The fraction of sp³-hybridized carbons (Fsp3) is 0.250. The van der Waals surface area contributed by atoms with Crippen LogP contribution < -0.4 is 19.9 Å². The second kappa shape index (κ2) is 6.70. The molecule has 4 heteroatoms. The van der Waals surface area contributed by atoms with Gasteiger partial charge < -0.3 is 19.9 Å². The van der Waals surface area contributed by atoms with Crippen LogP contribution in [0.5, 0.6) is 17.2 Å². The van der Waals surface area contributed by atoms with Gasteiger partial charge in [0, 0.05) is 17.3 Å². The third-order valence-electron chi connectivity index (χ3n) is 2.82. The number of benzene rings is 2. The summed E-state index contributed by atoms with van der Waals surface area (Å²) >= 11 is 0. The van der Waals surface area contributed by atoms with Gasteiger partial charge in [0.25, 0.3) is 0 Å². The lowest BCUT2D eigenvalue weighted by molar-refractivity contribution is 0.285. The van der Waals surface area contributed by atoms with Crippen molar-refractivity contribution >= 4 is 5.69 Å². The molecule has 0 heterocycles. The van der Waals surface area contributed by atoms with E-state index in [1.165, 1.54) is 0 Å². The van der Waals surface area contributed by atoms with Crippen molar-refractivity contribution in [1.82, 2.24) is 0 Å². The second-order valence-electron chi connectivity index (χ2n) is 4.27. The molecule has 0 spiro atoms. The quantitative estimate of drug-likeness (QED) is 0.821. The van der Waals surface area contributed by atoms with E-state index in [9.17, 15) is 0 Å². The predicted molar refractivity (Wildman–Crippen MR) is 79.3 cm³/mol. The zero-order valence-corrected chi connectivity index (χ0v) is 11.8. The Morgan fingerprint density at radius 3 is 2.55 bits per heavy atom. The molecular formula is C16H19NO3. The van der Waals surface area contributed by atoms with Crippen LogP contribution in [0, 0.1) is 0 Å². The molecule has 0 aliphatic heterocycles. The molecule has 0 atom stereocenters. The minimum atomic E-state index is 0.396. The average molecular weight is 273 g/mol. The number of rotatable bonds is 6. The summed E-state index contributed by atoms with van der Waals surface area (Å²) in [7, 11) is 1.63. The minimum absolute atomic E-state index is 0.396. The van der Waals surface area contributed by atoms with Crippen molar-refractivity contribution in [1.29, 1.82) is 0 Å². The summed E-state index contributed by atoms with van der Waals surface area (Å²) in [5.41, 5.74) is 7.43. The van der Waals surface area contributed by atoms with E-state index in [1.54, 1.807) is 7.11 Å². The summed E-state index contributed by atoms with van der Waals surface area (Å²) < 4.78 is 16.5. The predicted octanol–water partition coefficient (Wildman–Crippen LogP) is 3.26. The van der Waals surface area contributed by atoms with Crippen molar-refractivity contribution < 1.29 is 14.2 Å². The smallest absolute Gasteiger partial charge is 0.126 e. The lowest BCUT2D eigenvalue weighted by Gasteiger charge is -2.12. The van der Waals surface area contributed by atoms with Crippen molar-refractivity contribution in [3.05, 3.63) is 48.0 Å². The van der Waals surface area contributed by atoms with E-state index in [2.05, 4.69) is 0 Å². The lowest BCUT2D eigenvalue weighted by Crippen LogP contribution is -2.02. The number of anilines is 1. The zero-order chi connectivity index (χ0) is 14.4. The average Bonchev–Trinajstić information content (AvgIpc) is 2.48. The van der Waals surface area contributed by atoms with E-state index in [0.29, 0.717) is 18.9 Å². The molecule has 2 rings (SSSR count). The first-order chi connectivity index (χ1) is 9.72. The maximum atomic E-state index is 5.81. The Balaban J connectivity index is 2.11. The Morgan fingerprint density at radius 1 is 1.00 bits per heavy atom. The molecule has 0 fully saturated rings. The van der Waals surface area contributed by atoms with Gasteiger partial charge >= 0.3 is 0 Å². The molecule has 2 N–H and O–H groups in total. The molecule has 0 bridgehead atoms. The fourth-order valence-electron chi connectivity index (χ4n) is 1.86. The van der Waals surface area contributed by atoms with Gasteiger partial charge in [0.1, 0.15) is 23.9 Å². The molecule has 0 radical (unpaired) electrons. The monoisotopic (exact) mass is 273 g/mol. The Bertz CT molecular complexity index is 569. The maximum Gasteiger partial charge on any atom is 0.126 e. The van der Waals surface area contributed by atoms with Crippen LogP contribution in [-0.2, 0) is 6.61 Å². The van der Waals surface area contributed by atoms with Crippen molar-refractivity contribution in [3.8, 4) is 17.2 Å². The summed E-state index contributed by atoms with van der Waals surface area (Å²) in [5.74, 6) is 2.30. The second-order valence-corrected chi connectivity index (χ2v) is 4.27. The largest absolute Gasteiger partial charge is 0.497 e. The van der Waals surface area contributed by atoms with Crippen LogP contribution >= 0.6 is 0 Å². The number of hydrogen-bond acceptors (Lipinski definition) is 4. The van der Waals surface area contributed by atoms with Crippen molar-refractivity contribution in [2.45, 2.75) is 13.5 Å². The number of methoxy groups -OCH3 is 1. The fourth-order valence-corrected chi connectivity index (χ4v) is 1.86. The molecule has 2 aromatic rings. The van der Waals surface area contributed by atoms with Crippen molar-refractivity contribution in [2.75, 3.05) is 19.5 Å². The lowest BCUT2D eigenvalue weighted by atomic mass is 10.2. The third kappa shape index (κ3) is 3.57. The highest BCUT2D eigenvalue weighted by Crippen LogP contribution is 2.25. The van der Waals surface area contributed by atoms with E-state index >= 15 is 0 Å². The summed E-state index contributed by atoms with van der Waals surface area (Å²) in [6.07, 6.45) is 0. The van der Waals surface area contributed by atoms with E-state index in [-0.39, 0.29) is 0 Å². The number of nitrogen functional groups attached to an aromatic ring is 1. The highest BCUT2D eigenvalue weighted by molar-refractivity contribution is 5.48. The first kappa shape index (κ1) is 14.1. The molecule has 0 aliphatic carbocycles. The van der Waals surface area contributed by atoms with Gasteiger partial charge in [-0.1, -0.05) is 6.07 Å². The number of hydrogen-bond donors (Lipinski definition) is 1. The number of nitrogens with two attached hydrogens (primary N) is 1. The summed E-state index contributed by atoms with van der Waals surface area (Å²) in [4.78, 5) is 0. The topological polar surface area (TPSA) is 53.7 Å². The van der Waals surface area contributed by atoms with Crippen LogP contribution in [0.4, 0.5) is 5.69 Å². The Labute approximate surface area is 119 Å². The van der Waals surface area contributed by atoms with Crippen LogP contribution in [0.1, 0.15) is 12.5 Å². The number of ether oxygens (including phenoxy) is 3. The van der Waals surface area contributed by atoms with Crippen molar-refractivity contribution in [2.24, 2.45) is 0 Å². The first-order valence-electron chi connectivity index (χ1n) is 6.51. The molecule has 2 aromatic carbocycles. The van der Waals surface area contributed by atoms with Gasteiger partial charge in [-0.2, -0.15) is 0 Å². The van der Waals surface area contributed by atoms with E-state index < -0.39 is 0 Å². The van der Waals surface area contributed by atoms with Crippen LogP contribution in [0.2, 0.25) is 0 Å². The minimum Gasteiger partial charge on any atom is -0.497 e. The third-order valence-corrected chi connectivity index (χ3v) is 2.82. The molecule has 0 aromatic heterocycles. The van der Waals surface area contributed by atoms with Gasteiger partial charge in [-0.05, 0) is 37.3 Å². The van der Waals surface area contributed by atoms with E-state index in [1.807, 2.05) is 49.4 Å². The van der Waals surface area contributed by atoms with Gasteiger partial charge in [-0.15, -0.1) is 0 Å². The summed E-state index contributed by atoms with van der Waals surface area (Å²) in [6, 6.07) is 13.0. The van der Waals surface area contributed by atoms with Crippen LogP contribution in [0.3, 0.4) is 0 Å². The molecule has 106 valence electrons. The first-order valence-corrected chi connectivity index (χ1v) is 6.51. The van der Waals surface area contributed by atoms with Crippen LogP contribution in [0.15, 0.2) is 42.5 Å². The van der Waals surface area contributed by atoms with Gasteiger partial charge in [-0.3, -0.25) is 0 Å².